The Morgan fingerprint density at radius 2 is 1.87 bits per heavy atom. The molecule has 156 valence electrons. The van der Waals surface area contributed by atoms with E-state index < -0.39 is 28.8 Å². The van der Waals surface area contributed by atoms with Crippen molar-refractivity contribution in [2.45, 2.75) is 19.1 Å². The van der Waals surface area contributed by atoms with Gasteiger partial charge in [-0.25, -0.2) is 13.8 Å². The Kier molecular flexibility index (Phi) is 4.81. The summed E-state index contributed by atoms with van der Waals surface area (Å²) < 4.78 is 55.9. The largest absolute Gasteiger partial charge is 0.416 e. The Labute approximate surface area is 171 Å². The monoisotopic (exact) mass is 428 g/mol. The second-order valence-corrected chi connectivity index (χ2v) is 6.71. The molecule has 0 saturated heterocycles. The molecule has 0 radical (unpaired) electrons. The summed E-state index contributed by atoms with van der Waals surface area (Å²) >= 11 is 0. The molecule has 0 aliphatic rings. The zero-order chi connectivity index (χ0) is 22.3. The van der Waals surface area contributed by atoms with E-state index in [1.165, 1.54) is 18.3 Å². The van der Waals surface area contributed by atoms with Crippen molar-refractivity contribution in [1.29, 1.82) is 5.26 Å². The van der Waals surface area contributed by atoms with E-state index in [0.717, 1.165) is 29.0 Å². The molecule has 0 unspecified atom stereocenters. The lowest BCUT2D eigenvalue weighted by Gasteiger charge is -2.16. The number of aromatic nitrogens is 3. The average Bonchev–Trinajstić information content (AvgIpc) is 2.73. The predicted octanol–water partition coefficient (Wildman–Crippen LogP) is 3.77. The van der Waals surface area contributed by atoms with Crippen molar-refractivity contribution < 1.29 is 17.6 Å². The molecule has 0 saturated carbocycles. The summed E-state index contributed by atoms with van der Waals surface area (Å²) in [4.78, 5) is 30.3. The normalized spacial score (nSPS) is 11.7. The maximum absolute atomic E-state index is 14.6. The van der Waals surface area contributed by atoms with Gasteiger partial charge in [-0.2, -0.15) is 18.4 Å². The standard InChI is InChI=1S/C21H12F4N4O2/c22-15-4-1-3-12-10-27-11-17(18(12)15)29-19(30)14-9-13(21(23,24)25)5-6-16(14)28(20(29)31)8-2-7-26/h1,3-6,9-11H,2,8H2. The molecule has 2 aromatic heterocycles. The number of fused-ring (bicyclic) bond motifs is 2. The number of hydrogen-bond donors (Lipinski definition) is 0. The van der Waals surface area contributed by atoms with Crippen LogP contribution in [-0.2, 0) is 12.7 Å². The Morgan fingerprint density at radius 1 is 1.10 bits per heavy atom. The number of nitriles is 1. The van der Waals surface area contributed by atoms with Crippen LogP contribution in [0.4, 0.5) is 17.6 Å². The minimum atomic E-state index is -4.72. The summed E-state index contributed by atoms with van der Waals surface area (Å²) in [5.41, 5.74) is -3.28. The number of aryl methyl sites for hydroxylation is 1. The lowest BCUT2D eigenvalue weighted by atomic mass is 10.1. The SMILES string of the molecule is N#CCCn1c(=O)n(-c2cncc3cccc(F)c23)c(=O)c2cc(C(F)(F)F)ccc21. The number of rotatable bonds is 3. The summed E-state index contributed by atoms with van der Waals surface area (Å²) in [6, 6.07) is 8.36. The van der Waals surface area contributed by atoms with Crippen molar-refractivity contribution in [3.63, 3.8) is 0 Å². The minimum Gasteiger partial charge on any atom is -0.292 e. The lowest BCUT2D eigenvalue weighted by molar-refractivity contribution is -0.137. The van der Waals surface area contributed by atoms with Crippen LogP contribution < -0.4 is 11.2 Å². The van der Waals surface area contributed by atoms with Crippen LogP contribution in [0.1, 0.15) is 12.0 Å². The predicted molar refractivity (Wildman–Crippen MR) is 104 cm³/mol. The fourth-order valence-corrected chi connectivity index (χ4v) is 3.48. The average molecular weight is 428 g/mol. The van der Waals surface area contributed by atoms with E-state index in [4.69, 9.17) is 5.26 Å². The highest BCUT2D eigenvalue weighted by Gasteiger charge is 2.31. The summed E-state index contributed by atoms with van der Waals surface area (Å²) in [6.45, 7) is -0.168. The molecule has 0 amide bonds. The molecule has 10 heteroatoms. The van der Waals surface area contributed by atoms with Crippen molar-refractivity contribution in [3.05, 3.63) is 81.0 Å². The molecule has 4 aromatic rings. The second-order valence-electron chi connectivity index (χ2n) is 6.71. The van der Waals surface area contributed by atoms with Crippen LogP contribution in [0.25, 0.3) is 27.4 Å². The number of pyridine rings is 1. The van der Waals surface area contributed by atoms with Gasteiger partial charge in [0, 0.05) is 23.5 Å². The molecule has 2 heterocycles. The van der Waals surface area contributed by atoms with Gasteiger partial charge in [-0.3, -0.25) is 14.3 Å². The van der Waals surface area contributed by atoms with Crippen molar-refractivity contribution in [3.8, 4) is 11.8 Å². The first kappa shape index (κ1) is 20.3. The molecule has 0 spiro atoms. The smallest absolute Gasteiger partial charge is 0.292 e. The van der Waals surface area contributed by atoms with Crippen LogP contribution in [0.5, 0.6) is 0 Å². The zero-order valence-electron chi connectivity index (χ0n) is 15.7. The molecule has 0 fully saturated rings. The molecule has 0 aliphatic carbocycles. The minimum absolute atomic E-state index is 0.0526. The highest BCUT2D eigenvalue weighted by molar-refractivity contribution is 5.90. The third-order valence-electron chi connectivity index (χ3n) is 4.87. The topological polar surface area (TPSA) is 80.7 Å². The second kappa shape index (κ2) is 7.36. The lowest BCUT2D eigenvalue weighted by Crippen LogP contribution is -2.39. The molecule has 0 atom stereocenters. The Bertz CT molecular complexity index is 1490. The van der Waals surface area contributed by atoms with E-state index in [1.54, 1.807) is 0 Å². The number of hydrogen-bond acceptors (Lipinski definition) is 4. The molecule has 4 rings (SSSR count). The quantitative estimate of drug-likeness (QED) is 0.465. The maximum Gasteiger partial charge on any atom is 0.416 e. The Morgan fingerprint density at radius 3 is 2.58 bits per heavy atom. The first-order valence-electron chi connectivity index (χ1n) is 9.00. The van der Waals surface area contributed by atoms with E-state index in [9.17, 15) is 27.2 Å². The van der Waals surface area contributed by atoms with Crippen LogP contribution in [0.15, 0.2) is 58.4 Å². The van der Waals surface area contributed by atoms with Gasteiger partial charge in [0.15, 0.2) is 0 Å². The maximum atomic E-state index is 14.6. The van der Waals surface area contributed by atoms with Gasteiger partial charge in [0.2, 0.25) is 0 Å². The van der Waals surface area contributed by atoms with Gasteiger partial charge in [0.05, 0.1) is 40.8 Å². The van der Waals surface area contributed by atoms with Gasteiger partial charge in [0.25, 0.3) is 5.56 Å². The molecule has 2 aromatic carbocycles. The van der Waals surface area contributed by atoms with Gasteiger partial charge < -0.3 is 0 Å². The van der Waals surface area contributed by atoms with Gasteiger partial charge >= 0.3 is 11.9 Å². The summed E-state index contributed by atoms with van der Waals surface area (Å²) in [5, 5.41) is 8.76. The number of benzene rings is 2. The molecule has 0 bridgehead atoms. The van der Waals surface area contributed by atoms with Gasteiger partial charge in [-0.05, 0) is 24.3 Å². The van der Waals surface area contributed by atoms with E-state index in [-0.39, 0.29) is 34.9 Å². The van der Waals surface area contributed by atoms with Crippen molar-refractivity contribution >= 4 is 21.7 Å². The van der Waals surface area contributed by atoms with Crippen LogP contribution >= 0.6 is 0 Å². The van der Waals surface area contributed by atoms with E-state index in [1.807, 2.05) is 6.07 Å². The van der Waals surface area contributed by atoms with Gasteiger partial charge in [-0.1, -0.05) is 12.1 Å². The van der Waals surface area contributed by atoms with Gasteiger partial charge in [-0.15, -0.1) is 0 Å². The zero-order valence-corrected chi connectivity index (χ0v) is 15.7. The first-order valence-corrected chi connectivity index (χ1v) is 9.00. The van der Waals surface area contributed by atoms with Crippen LogP contribution in [0.3, 0.4) is 0 Å². The fraction of sp³-hybridized carbons (Fsp3) is 0.143. The number of nitrogens with zero attached hydrogens (tertiary/aromatic N) is 4. The summed E-state index contributed by atoms with van der Waals surface area (Å²) in [7, 11) is 0. The molecular weight excluding hydrogens is 416 g/mol. The van der Waals surface area contributed by atoms with Crippen molar-refractivity contribution in [1.82, 2.24) is 14.1 Å². The van der Waals surface area contributed by atoms with Crippen LogP contribution in [0, 0.1) is 17.1 Å². The summed E-state index contributed by atoms with van der Waals surface area (Å²) in [6.07, 6.45) is -2.41. The third-order valence-corrected chi connectivity index (χ3v) is 4.87. The number of halogens is 4. The van der Waals surface area contributed by atoms with Gasteiger partial charge in [0.1, 0.15) is 5.82 Å². The molecular formula is C21H12F4N4O2. The summed E-state index contributed by atoms with van der Waals surface area (Å²) in [5.74, 6) is -0.728. The molecule has 0 N–H and O–H groups in total. The Hall–Kier alpha value is -4.00. The highest BCUT2D eigenvalue weighted by Crippen LogP contribution is 2.31. The molecule has 31 heavy (non-hydrogen) atoms. The third kappa shape index (κ3) is 3.34. The van der Waals surface area contributed by atoms with E-state index in [0.29, 0.717) is 16.0 Å². The first-order chi connectivity index (χ1) is 14.7. The van der Waals surface area contributed by atoms with Crippen molar-refractivity contribution in [2.24, 2.45) is 0 Å². The number of alkyl halides is 3. The molecule has 6 nitrogen and oxygen atoms in total. The molecule has 0 aliphatic heterocycles. The van der Waals surface area contributed by atoms with Crippen molar-refractivity contribution in [2.75, 3.05) is 0 Å². The van der Waals surface area contributed by atoms with E-state index >= 15 is 0 Å². The van der Waals surface area contributed by atoms with E-state index in [2.05, 4.69) is 4.98 Å². The van der Waals surface area contributed by atoms with Crippen LogP contribution in [-0.4, -0.2) is 14.1 Å². The van der Waals surface area contributed by atoms with Crippen LogP contribution in [0.2, 0.25) is 0 Å². The Balaban J connectivity index is 2.18. The fourth-order valence-electron chi connectivity index (χ4n) is 3.48. The highest BCUT2D eigenvalue weighted by atomic mass is 19.4.